The third kappa shape index (κ3) is 2.86. The highest BCUT2D eigenvalue weighted by Gasteiger charge is 2.38. The molecule has 2 heterocycles. The second-order valence-corrected chi connectivity index (χ2v) is 5.99. The SMILES string of the molecule is O=C(C1CCOC1)N(CC1CCCNC1)C1CC1. The lowest BCUT2D eigenvalue weighted by Crippen LogP contribution is -2.44. The minimum absolute atomic E-state index is 0.141. The number of hydrogen-bond donors (Lipinski definition) is 1. The molecule has 0 radical (unpaired) electrons. The van der Waals surface area contributed by atoms with Crippen molar-refractivity contribution in [3.8, 4) is 0 Å². The van der Waals surface area contributed by atoms with Gasteiger partial charge in [-0.2, -0.15) is 0 Å². The number of ether oxygens (including phenoxy) is 1. The van der Waals surface area contributed by atoms with Crippen LogP contribution in [-0.4, -0.2) is 49.7 Å². The molecular weight excluding hydrogens is 228 g/mol. The van der Waals surface area contributed by atoms with E-state index in [1.807, 2.05) is 0 Å². The van der Waals surface area contributed by atoms with Gasteiger partial charge in [-0.15, -0.1) is 0 Å². The summed E-state index contributed by atoms with van der Waals surface area (Å²) >= 11 is 0. The van der Waals surface area contributed by atoms with Crippen molar-refractivity contribution in [3.05, 3.63) is 0 Å². The Labute approximate surface area is 109 Å². The van der Waals surface area contributed by atoms with Crippen molar-refractivity contribution in [2.45, 2.75) is 38.1 Å². The van der Waals surface area contributed by atoms with Gasteiger partial charge in [-0.3, -0.25) is 4.79 Å². The number of piperidine rings is 1. The number of nitrogens with one attached hydrogen (secondary N) is 1. The number of nitrogens with zero attached hydrogens (tertiary/aromatic N) is 1. The Hall–Kier alpha value is -0.610. The van der Waals surface area contributed by atoms with Gasteiger partial charge in [0.1, 0.15) is 0 Å². The molecule has 1 N–H and O–H groups in total. The molecule has 3 aliphatic rings. The van der Waals surface area contributed by atoms with E-state index in [4.69, 9.17) is 4.74 Å². The molecule has 1 saturated carbocycles. The maximum Gasteiger partial charge on any atom is 0.228 e. The van der Waals surface area contributed by atoms with Crippen molar-refractivity contribution >= 4 is 5.91 Å². The van der Waals surface area contributed by atoms with Gasteiger partial charge in [-0.25, -0.2) is 0 Å². The maximum atomic E-state index is 12.5. The first-order valence-electron chi connectivity index (χ1n) is 7.43. The first-order chi connectivity index (χ1) is 8.84. The largest absolute Gasteiger partial charge is 0.381 e. The van der Waals surface area contributed by atoms with E-state index in [1.165, 1.54) is 25.7 Å². The van der Waals surface area contributed by atoms with Gasteiger partial charge in [0.25, 0.3) is 0 Å². The van der Waals surface area contributed by atoms with Gasteiger partial charge in [0.2, 0.25) is 5.91 Å². The minimum atomic E-state index is 0.141. The highest BCUT2D eigenvalue weighted by molar-refractivity contribution is 5.79. The van der Waals surface area contributed by atoms with Crippen LogP contribution in [-0.2, 0) is 9.53 Å². The van der Waals surface area contributed by atoms with Gasteiger partial charge >= 0.3 is 0 Å². The fraction of sp³-hybridized carbons (Fsp3) is 0.929. The molecule has 0 spiro atoms. The summed E-state index contributed by atoms with van der Waals surface area (Å²) in [5.74, 6) is 1.16. The Morgan fingerprint density at radius 1 is 1.28 bits per heavy atom. The number of rotatable bonds is 4. The van der Waals surface area contributed by atoms with Crippen LogP contribution in [0.2, 0.25) is 0 Å². The van der Waals surface area contributed by atoms with Crippen LogP contribution in [0.1, 0.15) is 32.1 Å². The third-order valence-corrected chi connectivity index (χ3v) is 4.40. The Bertz CT molecular complexity index is 292. The number of hydrogen-bond acceptors (Lipinski definition) is 3. The summed E-state index contributed by atoms with van der Waals surface area (Å²) in [4.78, 5) is 14.7. The highest BCUT2D eigenvalue weighted by Crippen LogP contribution is 2.31. The highest BCUT2D eigenvalue weighted by atomic mass is 16.5. The molecule has 3 fully saturated rings. The van der Waals surface area contributed by atoms with Gasteiger partial charge in [0.05, 0.1) is 12.5 Å². The molecule has 4 nitrogen and oxygen atoms in total. The molecule has 102 valence electrons. The molecule has 0 aromatic rings. The van der Waals surface area contributed by atoms with Crippen LogP contribution in [0.3, 0.4) is 0 Å². The zero-order valence-electron chi connectivity index (χ0n) is 11.1. The fourth-order valence-corrected chi connectivity index (χ4v) is 3.13. The van der Waals surface area contributed by atoms with Gasteiger partial charge in [0, 0.05) is 19.2 Å². The predicted molar refractivity (Wildman–Crippen MR) is 69.3 cm³/mol. The van der Waals surface area contributed by atoms with E-state index in [0.717, 1.165) is 32.7 Å². The summed E-state index contributed by atoms with van der Waals surface area (Å²) in [6.07, 6.45) is 5.86. The van der Waals surface area contributed by atoms with Crippen LogP contribution >= 0.6 is 0 Å². The average molecular weight is 252 g/mol. The summed E-state index contributed by atoms with van der Waals surface area (Å²) in [5.41, 5.74) is 0. The molecule has 2 saturated heterocycles. The Kier molecular flexibility index (Phi) is 3.85. The number of carbonyl (C=O) groups excluding carboxylic acids is 1. The van der Waals surface area contributed by atoms with Gasteiger partial charge in [-0.1, -0.05) is 0 Å². The van der Waals surface area contributed by atoms with E-state index >= 15 is 0 Å². The number of carbonyl (C=O) groups is 1. The van der Waals surface area contributed by atoms with Gasteiger partial charge in [0.15, 0.2) is 0 Å². The average Bonchev–Trinajstić information content (AvgIpc) is 3.10. The number of amides is 1. The van der Waals surface area contributed by atoms with Crippen molar-refractivity contribution in [3.63, 3.8) is 0 Å². The van der Waals surface area contributed by atoms with E-state index in [0.29, 0.717) is 24.5 Å². The van der Waals surface area contributed by atoms with E-state index in [2.05, 4.69) is 10.2 Å². The lowest BCUT2D eigenvalue weighted by atomic mass is 9.98. The van der Waals surface area contributed by atoms with Crippen molar-refractivity contribution in [1.29, 1.82) is 0 Å². The monoisotopic (exact) mass is 252 g/mol. The summed E-state index contributed by atoms with van der Waals surface area (Å²) in [7, 11) is 0. The lowest BCUT2D eigenvalue weighted by molar-refractivity contribution is -0.136. The molecule has 4 heteroatoms. The minimum Gasteiger partial charge on any atom is -0.381 e. The Morgan fingerprint density at radius 2 is 2.17 bits per heavy atom. The van der Waals surface area contributed by atoms with E-state index in [9.17, 15) is 4.79 Å². The fourth-order valence-electron chi connectivity index (χ4n) is 3.13. The normalized spacial score (nSPS) is 32.4. The van der Waals surface area contributed by atoms with Crippen molar-refractivity contribution in [1.82, 2.24) is 10.2 Å². The van der Waals surface area contributed by atoms with Crippen LogP contribution in [0.15, 0.2) is 0 Å². The molecule has 0 aromatic heterocycles. The molecule has 2 atom stereocenters. The predicted octanol–water partition coefficient (Wildman–Crippen LogP) is 1.01. The van der Waals surface area contributed by atoms with Crippen molar-refractivity contribution in [2.75, 3.05) is 32.8 Å². The molecule has 2 aliphatic heterocycles. The second kappa shape index (κ2) is 5.57. The Balaban J connectivity index is 1.58. The van der Waals surface area contributed by atoms with Crippen LogP contribution in [0.25, 0.3) is 0 Å². The van der Waals surface area contributed by atoms with Gasteiger partial charge < -0.3 is 15.0 Å². The van der Waals surface area contributed by atoms with E-state index < -0.39 is 0 Å². The molecule has 3 rings (SSSR count). The maximum absolute atomic E-state index is 12.5. The zero-order chi connectivity index (χ0) is 12.4. The van der Waals surface area contributed by atoms with E-state index in [1.54, 1.807) is 0 Å². The van der Waals surface area contributed by atoms with Crippen LogP contribution in [0.4, 0.5) is 0 Å². The first-order valence-corrected chi connectivity index (χ1v) is 7.43. The van der Waals surface area contributed by atoms with Crippen molar-refractivity contribution in [2.24, 2.45) is 11.8 Å². The topological polar surface area (TPSA) is 41.6 Å². The standard InChI is InChI=1S/C14H24N2O2/c17-14(12-5-7-18-10-12)16(13-3-4-13)9-11-2-1-6-15-8-11/h11-13,15H,1-10H2. The zero-order valence-corrected chi connectivity index (χ0v) is 11.1. The molecule has 2 unspecified atom stereocenters. The summed E-state index contributed by atoms with van der Waals surface area (Å²) in [6, 6.07) is 0.542. The summed E-state index contributed by atoms with van der Waals surface area (Å²) < 4.78 is 5.36. The molecule has 18 heavy (non-hydrogen) atoms. The molecule has 1 aliphatic carbocycles. The summed E-state index contributed by atoms with van der Waals surface area (Å²) in [5, 5.41) is 3.45. The Morgan fingerprint density at radius 3 is 2.78 bits per heavy atom. The quantitative estimate of drug-likeness (QED) is 0.812. The third-order valence-electron chi connectivity index (χ3n) is 4.40. The molecular formula is C14H24N2O2. The second-order valence-electron chi connectivity index (χ2n) is 5.99. The van der Waals surface area contributed by atoms with E-state index in [-0.39, 0.29) is 5.92 Å². The summed E-state index contributed by atoms with van der Waals surface area (Å²) in [6.45, 7) is 4.60. The first kappa shape index (κ1) is 12.4. The molecule has 0 bridgehead atoms. The van der Waals surface area contributed by atoms with Crippen LogP contribution < -0.4 is 5.32 Å². The molecule has 1 amide bonds. The lowest BCUT2D eigenvalue weighted by Gasteiger charge is -2.31. The smallest absolute Gasteiger partial charge is 0.228 e. The molecule has 0 aromatic carbocycles. The van der Waals surface area contributed by atoms with Crippen LogP contribution in [0.5, 0.6) is 0 Å². The van der Waals surface area contributed by atoms with Crippen LogP contribution in [0, 0.1) is 11.8 Å². The van der Waals surface area contributed by atoms with Crippen molar-refractivity contribution < 1.29 is 9.53 Å². The van der Waals surface area contributed by atoms with Gasteiger partial charge in [-0.05, 0) is 51.1 Å².